The minimum Gasteiger partial charge on any atom is -0.373 e. The number of rotatable bonds is 6. The molecule has 0 N–H and O–H groups in total. The second-order valence-electron chi connectivity index (χ2n) is 4.31. The molecule has 0 amide bonds. The summed E-state index contributed by atoms with van der Waals surface area (Å²) in [5.74, 6) is -6.35. The molecule has 0 bridgehead atoms. The first-order valence-electron chi connectivity index (χ1n) is 5.85. The number of hydrogen-bond donors (Lipinski definition) is 0. The third-order valence-electron chi connectivity index (χ3n) is 2.75. The summed E-state index contributed by atoms with van der Waals surface area (Å²) in [7, 11) is 0. The molecule has 0 radical (unpaired) electrons. The Morgan fingerprint density at radius 1 is 1.19 bits per heavy atom. The summed E-state index contributed by atoms with van der Waals surface area (Å²) in [5.41, 5.74) is 0.435. The molecule has 9 heteroatoms. The van der Waals surface area contributed by atoms with Crippen LogP contribution in [-0.2, 0) is 11.3 Å². The summed E-state index contributed by atoms with van der Waals surface area (Å²) in [6, 6.07) is 1.80. The zero-order valence-electron chi connectivity index (χ0n) is 10.5. The van der Waals surface area contributed by atoms with Gasteiger partial charge in [-0.05, 0) is 0 Å². The van der Waals surface area contributed by atoms with Crippen LogP contribution in [0.2, 0.25) is 0 Å². The number of benzene rings is 1. The van der Waals surface area contributed by atoms with Crippen molar-refractivity contribution in [3.8, 4) is 0 Å². The molecule has 2 aromatic rings. The van der Waals surface area contributed by atoms with E-state index >= 15 is 0 Å². The Bertz CT molecular complexity index is 627. The topological polar surface area (TPSA) is 27.1 Å². The summed E-state index contributed by atoms with van der Waals surface area (Å²) in [6.45, 7) is -1.73. The third-order valence-corrected chi connectivity index (χ3v) is 2.75. The lowest BCUT2D eigenvalue weighted by molar-refractivity contribution is -0.166. The smallest absolute Gasteiger partial charge is 0.330 e. The Morgan fingerprint density at radius 3 is 2.52 bits per heavy atom. The standard InChI is InChI=1S/C12H10F6N2O/c13-7-3-9-10(4-8(7)14)20(6-19-9)1-2-21-5-12(17,18)11(15)16/h3-4,6,11H,1-2,5H2. The van der Waals surface area contributed by atoms with E-state index < -0.39 is 30.6 Å². The van der Waals surface area contributed by atoms with Gasteiger partial charge in [0, 0.05) is 18.7 Å². The predicted octanol–water partition coefficient (Wildman–Crippen LogP) is 3.23. The van der Waals surface area contributed by atoms with E-state index in [4.69, 9.17) is 0 Å². The fraction of sp³-hybridized carbons (Fsp3) is 0.417. The molecule has 1 heterocycles. The van der Waals surface area contributed by atoms with Crippen molar-refractivity contribution in [3.63, 3.8) is 0 Å². The van der Waals surface area contributed by atoms with Gasteiger partial charge >= 0.3 is 12.3 Å². The molecule has 1 aromatic heterocycles. The molecule has 0 aliphatic carbocycles. The summed E-state index contributed by atoms with van der Waals surface area (Å²) in [6.07, 6.45) is -2.55. The molecule has 21 heavy (non-hydrogen) atoms. The normalized spacial score (nSPS) is 12.5. The molecule has 0 saturated carbocycles. The molecule has 2 rings (SSSR count). The summed E-state index contributed by atoms with van der Waals surface area (Å²) < 4.78 is 80.8. The lowest BCUT2D eigenvalue weighted by Crippen LogP contribution is -2.32. The largest absolute Gasteiger partial charge is 0.373 e. The van der Waals surface area contributed by atoms with Gasteiger partial charge in [-0.2, -0.15) is 8.78 Å². The highest BCUT2D eigenvalue weighted by Crippen LogP contribution is 2.23. The molecule has 0 aliphatic heterocycles. The number of fused-ring (bicyclic) bond motifs is 1. The lowest BCUT2D eigenvalue weighted by Gasteiger charge is -2.15. The minimum atomic E-state index is -4.22. The maximum atomic E-state index is 13.1. The molecule has 0 saturated heterocycles. The molecule has 0 unspecified atom stereocenters. The highest BCUT2D eigenvalue weighted by molar-refractivity contribution is 5.75. The summed E-state index contributed by atoms with van der Waals surface area (Å²) in [5, 5.41) is 0. The Balaban J connectivity index is 1.97. The van der Waals surface area contributed by atoms with Crippen LogP contribution in [0.4, 0.5) is 26.3 Å². The second kappa shape index (κ2) is 5.92. The zero-order valence-corrected chi connectivity index (χ0v) is 10.5. The number of imidazole rings is 1. The van der Waals surface area contributed by atoms with Crippen molar-refractivity contribution in [2.45, 2.75) is 18.9 Å². The molecule has 1 aromatic carbocycles. The van der Waals surface area contributed by atoms with Crippen LogP contribution in [0.3, 0.4) is 0 Å². The molecular formula is C12H10F6N2O. The fourth-order valence-corrected chi connectivity index (χ4v) is 1.67. The van der Waals surface area contributed by atoms with E-state index in [-0.39, 0.29) is 24.2 Å². The van der Waals surface area contributed by atoms with Gasteiger partial charge in [0.1, 0.15) is 6.61 Å². The van der Waals surface area contributed by atoms with Crippen LogP contribution in [0.15, 0.2) is 18.5 Å². The van der Waals surface area contributed by atoms with Gasteiger partial charge in [0.05, 0.1) is 24.0 Å². The molecule has 0 aliphatic rings. The molecular weight excluding hydrogens is 302 g/mol. The average molecular weight is 312 g/mol. The quantitative estimate of drug-likeness (QED) is 0.605. The summed E-state index contributed by atoms with van der Waals surface area (Å²) in [4.78, 5) is 3.81. The molecule has 3 nitrogen and oxygen atoms in total. The van der Waals surface area contributed by atoms with Crippen LogP contribution >= 0.6 is 0 Å². The number of aromatic nitrogens is 2. The average Bonchev–Trinajstić information content (AvgIpc) is 2.77. The highest BCUT2D eigenvalue weighted by atomic mass is 19.3. The number of alkyl halides is 4. The minimum absolute atomic E-state index is 0.0130. The van der Waals surface area contributed by atoms with E-state index in [0.717, 1.165) is 12.1 Å². The van der Waals surface area contributed by atoms with Gasteiger partial charge in [0.15, 0.2) is 11.6 Å². The van der Waals surface area contributed by atoms with E-state index in [2.05, 4.69) is 9.72 Å². The van der Waals surface area contributed by atoms with Gasteiger partial charge in [-0.3, -0.25) is 0 Å². The number of halogens is 6. The first-order valence-corrected chi connectivity index (χ1v) is 5.85. The second-order valence-corrected chi connectivity index (χ2v) is 4.31. The monoisotopic (exact) mass is 312 g/mol. The Hall–Kier alpha value is -1.77. The van der Waals surface area contributed by atoms with Gasteiger partial charge in [0.2, 0.25) is 0 Å². The number of hydrogen-bond acceptors (Lipinski definition) is 2. The fourth-order valence-electron chi connectivity index (χ4n) is 1.67. The van der Waals surface area contributed by atoms with Crippen LogP contribution < -0.4 is 0 Å². The molecule has 0 atom stereocenters. The van der Waals surface area contributed by atoms with Crippen molar-refractivity contribution in [2.24, 2.45) is 0 Å². The molecule has 0 fully saturated rings. The van der Waals surface area contributed by atoms with Crippen LogP contribution in [-0.4, -0.2) is 35.1 Å². The van der Waals surface area contributed by atoms with Crippen LogP contribution in [0.25, 0.3) is 11.0 Å². The van der Waals surface area contributed by atoms with E-state index in [1.54, 1.807) is 0 Å². The maximum absolute atomic E-state index is 13.1. The van der Waals surface area contributed by atoms with Crippen molar-refractivity contribution in [2.75, 3.05) is 13.2 Å². The predicted molar refractivity (Wildman–Crippen MR) is 61.4 cm³/mol. The number of ether oxygens (including phenoxy) is 1. The van der Waals surface area contributed by atoms with Crippen molar-refractivity contribution in [1.82, 2.24) is 9.55 Å². The van der Waals surface area contributed by atoms with Crippen molar-refractivity contribution in [1.29, 1.82) is 0 Å². The van der Waals surface area contributed by atoms with E-state index in [0.29, 0.717) is 0 Å². The van der Waals surface area contributed by atoms with Gasteiger partial charge in [-0.15, -0.1) is 0 Å². The molecule has 116 valence electrons. The zero-order chi connectivity index (χ0) is 15.6. The van der Waals surface area contributed by atoms with Crippen LogP contribution in [0, 0.1) is 11.6 Å². The highest BCUT2D eigenvalue weighted by Gasteiger charge is 2.40. The van der Waals surface area contributed by atoms with Crippen LogP contribution in [0.5, 0.6) is 0 Å². The lowest BCUT2D eigenvalue weighted by atomic mass is 10.3. The molecule has 0 spiro atoms. The van der Waals surface area contributed by atoms with Crippen molar-refractivity contribution >= 4 is 11.0 Å². The van der Waals surface area contributed by atoms with Gasteiger partial charge in [0.25, 0.3) is 0 Å². The van der Waals surface area contributed by atoms with Crippen molar-refractivity contribution < 1.29 is 31.1 Å². The first kappa shape index (κ1) is 15.6. The van der Waals surface area contributed by atoms with Gasteiger partial charge in [-0.1, -0.05) is 0 Å². The summed E-state index contributed by atoms with van der Waals surface area (Å²) >= 11 is 0. The van der Waals surface area contributed by atoms with Crippen molar-refractivity contribution in [3.05, 3.63) is 30.1 Å². The SMILES string of the molecule is Fc1cc2ncn(CCOCC(F)(F)C(F)F)c2cc1F. The van der Waals surface area contributed by atoms with E-state index in [9.17, 15) is 26.3 Å². The van der Waals surface area contributed by atoms with Gasteiger partial charge < -0.3 is 9.30 Å². The van der Waals surface area contributed by atoms with E-state index in [1.165, 1.54) is 10.9 Å². The Labute approximate surface area is 115 Å². The first-order chi connectivity index (χ1) is 9.81. The Kier molecular flexibility index (Phi) is 4.40. The maximum Gasteiger partial charge on any atom is 0.330 e. The van der Waals surface area contributed by atoms with Gasteiger partial charge in [-0.25, -0.2) is 22.5 Å². The van der Waals surface area contributed by atoms with Crippen LogP contribution in [0.1, 0.15) is 0 Å². The third kappa shape index (κ3) is 3.46. The number of nitrogens with zero attached hydrogens (tertiary/aromatic N) is 2. The van der Waals surface area contributed by atoms with E-state index in [1.807, 2.05) is 0 Å². The Morgan fingerprint density at radius 2 is 1.86 bits per heavy atom.